The zero-order valence-electron chi connectivity index (χ0n) is 9.03. The van der Waals surface area contributed by atoms with Gasteiger partial charge in [0.15, 0.2) is 0 Å². The molecule has 2 aromatic rings. The third kappa shape index (κ3) is 3.06. The molecule has 0 radical (unpaired) electrons. The molecule has 0 aliphatic rings. The van der Waals surface area contributed by atoms with E-state index in [4.69, 9.17) is 0 Å². The Bertz CT molecular complexity index is 454. The van der Waals surface area contributed by atoms with Crippen LogP contribution in [0.5, 0.6) is 0 Å². The van der Waals surface area contributed by atoms with Crippen molar-refractivity contribution in [2.45, 2.75) is 13.3 Å². The van der Waals surface area contributed by atoms with E-state index in [1.165, 1.54) is 4.88 Å². The largest absolute Gasteiger partial charge is 0.369 e. The van der Waals surface area contributed by atoms with Gasteiger partial charge in [0, 0.05) is 17.6 Å². The summed E-state index contributed by atoms with van der Waals surface area (Å²) in [7, 11) is 0. The van der Waals surface area contributed by atoms with Crippen molar-refractivity contribution in [1.82, 2.24) is 4.98 Å². The third-order valence-electron chi connectivity index (χ3n) is 2.22. The maximum Gasteiger partial charge on any atom is 0.140 e. The molecule has 2 aromatic heterocycles. The Morgan fingerprint density at radius 1 is 1.50 bits per heavy atom. The first-order chi connectivity index (χ1) is 7.75. The highest BCUT2D eigenvalue weighted by molar-refractivity contribution is 9.10. The molecule has 0 amide bonds. The first-order valence-corrected chi connectivity index (χ1v) is 6.81. The minimum absolute atomic E-state index is 0.912. The number of anilines is 1. The number of aryl methyl sites for hydroxylation is 1. The van der Waals surface area contributed by atoms with E-state index in [1.807, 2.05) is 13.1 Å². The lowest BCUT2D eigenvalue weighted by molar-refractivity contribution is 1.02. The van der Waals surface area contributed by atoms with Crippen molar-refractivity contribution < 1.29 is 0 Å². The molecule has 0 atom stereocenters. The lowest BCUT2D eigenvalue weighted by atomic mass is 10.3. The average Bonchev–Trinajstić information content (AvgIpc) is 2.74. The summed E-state index contributed by atoms with van der Waals surface area (Å²) in [6, 6.07) is 6.31. The molecule has 0 aromatic carbocycles. The van der Waals surface area contributed by atoms with Crippen LogP contribution in [0.15, 0.2) is 34.2 Å². The standard InChI is InChI=1S/C12H13BrN2S/c1-9-7-11(13)12(15-8-9)14-5-4-10-3-2-6-16-10/h2-3,6-8H,4-5H2,1H3,(H,14,15). The van der Waals surface area contributed by atoms with Crippen molar-refractivity contribution in [3.8, 4) is 0 Å². The summed E-state index contributed by atoms with van der Waals surface area (Å²) in [5.74, 6) is 0.919. The van der Waals surface area contributed by atoms with Crippen LogP contribution in [-0.2, 0) is 6.42 Å². The Morgan fingerprint density at radius 2 is 2.38 bits per heavy atom. The predicted molar refractivity (Wildman–Crippen MR) is 73.2 cm³/mol. The van der Waals surface area contributed by atoms with E-state index in [2.05, 4.69) is 49.8 Å². The summed E-state index contributed by atoms with van der Waals surface area (Å²) in [6.07, 6.45) is 2.91. The molecule has 0 spiro atoms. The summed E-state index contributed by atoms with van der Waals surface area (Å²) in [6.45, 7) is 2.95. The summed E-state index contributed by atoms with van der Waals surface area (Å²) in [4.78, 5) is 5.74. The minimum atomic E-state index is 0.912. The first kappa shape index (κ1) is 11.6. The number of hydrogen-bond acceptors (Lipinski definition) is 3. The van der Waals surface area contributed by atoms with Crippen molar-refractivity contribution in [2.75, 3.05) is 11.9 Å². The quantitative estimate of drug-likeness (QED) is 0.926. The maximum absolute atomic E-state index is 4.34. The number of pyridine rings is 1. The molecule has 2 heterocycles. The number of thiophene rings is 1. The van der Waals surface area contributed by atoms with Gasteiger partial charge in [0.1, 0.15) is 5.82 Å². The molecular weight excluding hydrogens is 284 g/mol. The van der Waals surface area contributed by atoms with Gasteiger partial charge in [-0.15, -0.1) is 11.3 Å². The summed E-state index contributed by atoms with van der Waals surface area (Å²) in [5, 5.41) is 5.43. The molecule has 0 unspecified atom stereocenters. The third-order valence-corrected chi connectivity index (χ3v) is 3.76. The van der Waals surface area contributed by atoms with Gasteiger partial charge in [-0.3, -0.25) is 0 Å². The molecule has 1 N–H and O–H groups in total. The lowest BCUT2D eigenvalue weighted by Crippen LogP contribution is -2.06. The summed E-state index contributed by atoms with van der Waals surface area (Å²) in [5.41, 5.74) is 1.16. The van der Waals surface area contributed by atoms with Crippen molar-refractivity contribution in [3.05, 3.63) is 44.7 Å². The van der Waals surface area contributed by atoms with Crippen LogP contribution in [0, 0.1) is 6.92 Å². The summed E-state index contributed by atoms with van der Waals surface area (Å²) >= 11 is 5.30. The maximum atomic E-state index is 4.34. The molecule has 84 valence electrons. The van der Waals surface area contributed by atoms with Crippen LogP contribution in [0.2, 0.25) is 0 Å². The van der Waals surface area contributed by atoms with Crippen molar-refractivity contribution in [1.29, 1.82) is 0 Å². The van der Waals surface area contributed by atoms with Crippen LogP contribution in [0.1, 0.15) is 10.4 Å². The molecule has 2 nitrogen and oxygen atoms in total. The van der Waals surface area contributed by atoms with Crippen LogP contribution in [0.4, 0.5) is 5.82 Å². The van der Waals surface area contributed by atoms with E-state index >= 15 is 0 Å². The Hall–Kier alpha value is -0.870. The Balaban J connectivity index is 1.90. The molecule has 2 rings (SSSR count). The minimum Gasteiger partial charge on any atom is -0.369 e. The second-order valence-corrected chi connectivity index (χ2v) is 5.49. The number of halogens is 1. The summed E-state index contributed by atoms with van der Waals surface area (Å²) < 4.78 is 1.03. The van der Waals surface area contributed by atoms with Crippen molar-refractivity contribution >= 4 is 33.1 Å². The molecule has 16 heavy (non-hydrogen) atoms. The zero-order valence-corrected chi connectivity index (χ0v) is 11.4. The second kappa shape index (κ2) is 5.46. The molecule has 0 bridgehead atoms. The molecule has 0 fully saturated rings. The average molecular weight is 297 g/mol. The number of nitrogens with one attached hydrogen (secondary N) is 1. The Morgan fingerprint density at radius 3 is 3.06 bits per heavy atom. The van der Waals surface area contributed by atoms with Gasteiger partial charge < -0.3 is 5.32 Å². The topological polar surface area (TPSA) is 24.9 Å². The van der Waals surface area contributed by atoms with E-state index in [9.17, 15) is 0 Å². The van der Waals surface area contributed by atoms with Crippen LogP contribution < -0.4 is 5.32 Å². The second-order valence-electron chi connectivity index (χ2n) is 3.60. The highest BCUT2D eigenvalue weighted by atomic mass is 79.9. The molecule has 0 saturated carbocycles. The van der Waals surface area contributed by atoms with E-state index in [0.717, 1.165) is 28.8 Å². The zero-order chi connectivity index (χ0) is 11.4. The molecule has 4 heteroatoms. The number of aromatic nitrogens is 1. The van der Waals surface area contributed by atoms with Crippen molar-refractivity contribution in [3.63, 3.8) is 0 Å². The lowest BCUT2D eigenvalue weighted by Gasteiger charge is -2.07. The van der Waals surface area contributed by atoms with Gasteiger partial charge in [0.05, 0.1) is 4.47 Å². The fraction of sp³-hybridized carbons (Fsp3) is 0.250. The number of rotatable bonds is 4. The van der Waals surface area contributed by atoms with Gasteiger partial charge in [-0.1, -0.05) is 6.07 Å². The van der Waals surface area contributed by atoms with Crippen LogP contribution >= 0.6 is 27.3 Å². The SMILES string of the molecule is Cc1cnc(NCCc2cccs2)c(Br)c1. The monoisotopic (exact) mass is 296 g/mol. The Labute approximate surface area is 108 Å². The van der Waals surface area contributed by atoms with Gasteiger partial charge in [0.2, 0.25) is 0 Å². The van der Waals surface area contributed by atoms with E-state index < -0.39 is 0 Å². The number of nitrogens with zero attached hydrogens (tertiary/aromatic N) is 1. The fourth-order valence-electron chi connectivity index (χ4n) is 1.42. The highest BCUT2D eigenvalue weighted by Crippen LogP contribution is 2.20. The van der Waals surface area contributed by atoms with Crippen LogP contribution in [0.25, 0.3) is 0 Å². The molecular formula is C12H13BrN2S. The predicted octanol–water partition coefficient (Wildman–Crippen LogP) is 3.87. The van der Waals surface area contributed by atoms with Crippen molar-refractivity contribution in [2.24, 2.45) is 0 Å². The normalized spacial score (nSPS) is 10.4. The van der Waals surface area contributed by atoms with Gasteiger partial charge in [-0.05, 0) is 52.4 Å². The smallest absolute Gasteiger partial charge is 0.140 e. The van der Waals surface area contributed by atoms with Gasteiger partial charge in [0.25, 0.3) is 0 Å². The van der Waals surface area contributed by atoms with E-state index in [1.54, 1.807) is 11.3 Å². The fourth-order valence-corrected chi connectivity index (χ4v) is 2.74. The van der Waals surface area contributed by atoms with Crippen LogP contribution in [0.3, 0.4) is 0 Å². The first-order valence-electron chi connectivity index (χ1n) is 5.14. The number of hydrogen-bond donors (Lipinski definition) is 1. The van der Waals surface area contributed by atoms with E-state index in [0.29, 0.717) is 0 Å². The molecule has 0 aliphatic heterocycles. The van der Waals surface area contributed by atoms with E-state index in [-0.39, 0.29) is 0 Å². The molecule has 0 aliphatic carbocycles. The van der Waals surface area contributed by atoms with Gasteiger partial charge >= 0.3 is 0 Å². The highest BCUT2D eigenvalue weighted by Gasteiger charge is 2.01. The van der Waals surface area contributed by atoms with Gasteiger partial charge in [-0.25, -0.2) is 4.98 Å². The van der Waals surface area contributed by atoms with Gasteiger partial charge in [-0.2, -0.15) is 0 Å². The Kier molecular flexibility index (Phi) is 3.96. The molecule has 0 saturated heterocycles. The van der Waals surface area contributed by atoms with Crippen LogP contribution in [-0.4, -0.2) is 11.5 Å².